The largest absolute Gasteiger partial charge is 0.348 e. The Labute approximate surface area is 144 Å². The van der Waals surface area contributed by atoms with Gasteiger partial charge in [-0.05, 0) is 17.7 Å². The lowest BCUT2D eigenvalue weighted by Gasteiger charge is -2.12. The molecule has 0 saturated carbocycles. The number of nitrogens with one attached hydrogen (secondary N) is 1. The first-order valence-electron chi connectivity index (χ1n) is 7.86. The predicted molar refractivity (Wildman–Crippen MR) is 95.7 cm³/mol. The Morgan fingerprint density at radius 1 is 1.21 bits per heavy atom. The minimum absolute atomic E-state index is 0.0139. The summed E-state index contributed by atoms with van der Waals surface area (Å²) < 4.78 is 2.18. The maximum atomic E-state index is 12.5. The van der Waals surface area contributed by atoms with Crippen molar-refractivity contribution in [3.63, 3.8) is 0 Å². The quantitative estimate of drug-likeness (QED) is 0.792. The molecule has 1 N–H and O–H groups in total. The zero-order chi connectivity index (χ0) is 16.4. The fourth-order valence-corrected chi connectivity index (χ4v) is 4.26. The summed E-state index contributed by atoms with van der Waals surface area (Å²) in [4.78, 5) is 16.7. The van der Waals surface area contributed by atoms with Crippen LogP contribution in [0.15, 0.2) is 67.1 Å². The molecule has 4 nitrogen and oxygen atoms in total. The Kier molecular flexibility index (Phi) is 4.09. The number of fused-ring (bicyclic) bond motifs is 1. The minimum Gasteiger partial charge on any atom is -0.348 e. The molecule has 0 spiro atoms. The van der Waals surface area contributed by atoms with Crippen LogP contribution >= 0.6 is 11.8 Å². The van der Waals surface area contributed by atoms with Gasteiger partial charge < -0.3 is 9.88 Å². The summed E-state index contributed by atoms with van der Waals surface area (Å²) in [6.45, 7) is 0.545. The molecule has 1 aliphatic rings. The van der Waals surface area contributed by atoms with Crippen LogP contribution in [0.1, 0.15) is 32.6 Å². The summed E-state index contributed by atoms with van der Waals surface area (Å²) in [6, 6.07) is 15.9. The fraction of sp³-hybridized carbons (Fsp3) is 0.158. The molecule has 0 radical (unpaired) electrons. The first kappa shape index (κ1) is 15.0. The van der Waals surface area contributed by atoms with Crippen LogP contribution in [-0.2, 0) is 12.3 Å². The average Bonchev–Trinajstić information content (AvgIpc) is 3.23. The number of hydrogen-bond donors (Lipinski definition) is 1. The van der Waals surface area contributed by atoms with E-state index in [0.29, 0.717) is 6.54 Å². The number of pyridine rings is 1. The van der Waals surface area contributed by atoms with Crippen molar-refractivity contribution in [1.82, 2.24) is 14.9 Å². The van der Waals surface area contributed by atoms with Crippen LogP contribution < -0.4 is 5.32 Å². The summed E-state index contributed by atoms with van der Waals surface area (Å²) in [5.41, 5.74) is 4.11. The highest BCUT2D eigenvalue weighted by molar-refractivity contribution is 7.99. The third-order valence-electron chi connectivity index (χ3n) is 4.17. The van der Waals surface area contributed by atoms with Crippen LogP contribution in [0.25, 0.3) is 0 Å². The van der Waals surface area contributed by atoms with Gasteiger partial charge in [0, 0.05) is 42.1 Å². The van der Waals surface area contributed by atoms with Crippen LogP contribution in [-0.4, -0.2) is 15.5 Å². The molecule has 1 aliphatic heterocycles. The molecule has 5 heteroatoms. The number of amides is 1. The van der Waals surface area contributed by atoms with Crippen molar-refractivity contribution in [2.45, 2.75) is 17.7 Å². The summed E-state index contributed by atoms with van der Waals surface area (Å²) in [6.07, 6.45) is 5.68. The molecule has 1 unspecified atom stereocenters. The molecule has 0 fully saturated rings. The van der Waals surface area contributed by atoms with Gasteiger partial charge in [-0.2, -0.15) is 0 Å². The van der Waals surface area contributed by atoms with Crippen LogP contribution in [0.5, 0.6) is 0 Å². The van der Waals surface area contributed by atoms with Gasteiger partial charge in [-0.3, -0.25) is 9.78 Å². The van der Waals surface area contributed by atoms with Crippen LogP contribution in [0.3, 0.4) is 0 Å². The van der Waals surface area contributed by atoms with Gasteiger partial charge in [0.05, 0.1) is 5.56 Å². The molecule has 4 rings (SSSR count). The highest BCUT2D eigenvalue weighted by Crippen LogP contribution is 2.41. The van der Waals surface area contributed by atoms with E-state index in [0.717, 1.165) is 28.1 Å². The molecule has 3 aromatic rings. The average molecular weight is 335 g/mol. The van der Waals surface area contributed by atoms with Crippen molar-refractivity contribution in [3.8, 4) is 0 Å². The number of thioether (sulfide) groups is 1. The minimum atomic E-state index is -0.0139. The van der Waals surface area contributed by atoms with Gasteiger partial charge in [-0.15, -0.1) is 11.8 Å². The highest BCUT2D eigenvalue weighted by Gasteiger charge is 2.28. The second-order valence-electron chi connectivity index (χ2n) is 5.70. The third kappa shape index (κ3) is 2.83. The van der Waals surface area contributed by atoms with Crippen LogP contribution in [0.4, 0.5) is 0 Å². The Bertz CT molecular complexity index is 846. The summed E-state index contributed by atoms with van der Waals surface area (Å²) in [7, 11) is 0. The Hall–Kier alpha value is -2.53. The van der Waals surface area contributed by atoms with E-state index in [4.69, 9.17) is 0 Å². The smallest absolute Gasteiger partial charge is 0.253 e. The number of hydrogen-bond acceptors (Lipinski definition) is 3. The van der Waals surface area contributed by atoms with E-state index in [9.17, 15) is 4.79 Å². The monoisotopic (exact) mass is 335 g/mol. The standard InChI is InChI=1S/C19H17N3OS/c23-18(21-11-14-5-2-1-3-6-14)16-8-10-22-17(16)13-24-19(22)15-7-4-9-20-12-15/h1-10,12,19H,11,13H2,(H,21,23). The SMILES string of the molecule is O=C(NCc1ccccc1)c1ccn2c1CSC2c1cccnc1. The first-order chi connectivity index (χ1) is 11.8. The maximum absolute atomic E-state index is 12.5. The van der Waals surface area contributed by atoms with E-state index in [1.54, 1.807) is 6.20 Å². The molecular formula is C19H17N3OS. The number of rotatable bonds is 4. The van der Waals surface area contributed by atoms with Crippen molar-refractivity contribution in [2.75, 3.05) is 0 Å². The normalized spacial score (nSPS) is 15.9. The van der Waals surface area contributed by atoms with Crippen LogP contribution in [0.2, 0.25) is 0 Å². The van der Waals surface area contributed by atoms with Crippen molar-refractivity contribution in [3.05, 3.63) is 89.5 Å². The number of carbonyl (C=O) groups excluding carboxylic acids is 1. The Morgan fingerprint density at radius 3 is 2.88 bits per heavy atom. The highest BCUT2D eigenvalue weighted by atomic mass is 32.2. The summed E-state index contributed by atoms with van der Waals surface area (Å²) in [5.74, 6) is 0.820. The van der Waals surface area contributed by atoms with E-state index < -0.39 is 0 Å². The number of carbonyl (C=O) groups is 1. The van der Waals surface area contributed by atoms with E-state index in [-0.39, 0.29) is 11.3 Å². The van der Waals surface area contributed by atoms with Gasteiger partial charge >= 0.3 is 0 Å². The number of nitrogens with zero attached hydrogens (tertiary/aromatic N) is 2. The van der Waals surface area contributed by atoms with Gasteiger partial charge in [0.15, 0.2) is 0 Å². The second kappa shape index (κ2) is 6.53. The summed E-state index contributed by atoms with van der Waals surface area (Å²) >= 11 is 1.82. The molecule has 1 atom stereocenters. The van der Waals surface area contributed by atoms with E-state index >= 15 is 0 Å². The van der Waals surface area contributed by atoms with Gasteiger partial charge in [0.25, 0.3) is 5.91 Å². The van der Waals surface area contributed by atoms with Crippen LogP contribution in [0, 0.1) is 0 Å². The second-order valence-corrected chi connectivity index (χ2v) is 6.77. The molecule has 0 aliphatic carbocycles. The molecule has 3 heterocycles. The molecule has 0 bridgehead atoms. The number of aromatic nitrogens is 2. The summed E-state index contributed by atoms with van der Waals surface area (Å²) in [5, 5.41) is 3.21. The van der Waals surface area contributed by atoms with Gasteiger partial charge in [-0.25, -0.2) is 0 Å². The van der Waals surface area contributed by atoms with Gasteiger partial charge in [0.2, 0.25) is 0 Å². The molecule has 2 aromatic heterocycles. The van der Waals surface area contributed by atoms with Gasteiger partial charge in [-0.1, -0.05) is 36.4 Å². The van der Waals surface area contributed by atoms with E-state index in [1.165, 1.54) is 0 Å². The van der Waals surface area contributed by atoms with E-state index in [1.807, 2.05) is 66.6 Å². The molecule has 24 heavy (non-hydrogen) atoms. The molecule has 0 saturated heterocycles. The Morgan fingerprint density at radius 2 is 2.08 bits per heavy atom. The number of benzene rings is 1. The van der Waals surface area contributed by atoms with Gasteiger partial charge in [0.1, 0.15) is 5.37 Å². The first-order valence-corrected chi connectivity index (χ1v) is 8.91. The third-order valence-corrected chi connectivity index (χ3v) is 5.42. The van der Waals surface area contributed by atoms with E-state index in [2.05, 4.69) is 20.9 Å². The predicted octanol–water partition coefficient (Wildman–Crippen LogP) is 3.61. The lowest BCUT2D eigenvalue weighted by atomic mass is 10.2. The molecule has 120 valence electrons. The molecule has 1 amide bonds. The zero-order valence-electron chi connectivity index (χ0n) is 13.1. The van der Waals surface area contributed by atoms with Crippen molar-refractivity contribution in [2.24, 2.45) is 0 Å². The topological polar surface area (TPSA) is 46.9 Å². The van der Waals surface area contributed by atoms with Crippen molar-refractivity contribution < 1.29 is 4.79 Å². The molecular weight excluding hydrogens is 318 g/mol. The fourth-order valence-electron chi connectivity index (χ4n) is 2.95. The molecule has 1 aromatic carbocycles. The lowest BCUT2D eigenvalue weighted by Crippen LogP contribution is -2.23. The maximum Gasteiger partial charge on any atom is 0.253 e. The Balaban J connectivity index is 1.51. The van der Waals surface area contributed by atoms with Crippen molar-refractivity contribution in [1.29, 1.82) is 0 Å². The zero-order valence-corrected chi connectivity index (χ0v) is 13.9. The lowest BCUT2D eigenvalue weighted by molar-refractivity contribution is 0.0950. The van der Waals surface area contributed by atoms with Crippen molar-refractivity contribution >= 4 is 17.7 Å².